The maximum absolute atomic E-state index is 4.33. The summed E-state index contributed by atoms with van der Waals surface area (Å²) >= 11 is 1.74. The third-order valence-corrected chi connectivity index (χ3v) is 3.23. The van der Waals surface area contributed by atoms with E-state index in [9.17, 15) is 0 Å². The first-order valence-electron chi connectivity index (χ1n) is 5.75. The Morgan fingerprint density at radius 2 is 2.29 bits per heavy atom. The maximum atomic E-state index is 4.33. The van der Waals surface area contributed by atoms with Crippen molar-refractivity contribution in [2.75, 3.05) is 11.6 Å². The average Bonchev–Trinajstić information content (AvgIpc) is 2.78. The molecule has 0 saturated heterocycles. The molecule has 2 aromatic rings. The molecule has 0 fully saturated rings. The Kier molecular flexibility index (Phi) is 4.09. The van der Waals surface area contributed by atoms with E-state index in [1.165, 1.54) is 4.90 Å². The number of benzene rings is 1. The molecule has 1 aromatic heterocycles. The summed E-state index contributed by atoms with van der Waals surface area (Å²) in [6.07, 6.45) is 7.02. The third-order valence-electron chi connectivity index (χ3n) is 2.51. The summed E-state index contributed by atoms with van der Waals surface area (Å²) in [5.41, 5.74) is 1.08. The second kappa shape index (κ2) is 5.77. The molecule has 0 aliphatic carbocycles. The molecule has 0 bridgehead atoms. The minimum atomic E-state index is 0.908. The SMILES string of the molecule is CCCn1ccnc1Nc1cccc(SC)c1. The molecule has 0 spiro atoms. The van der Waals surface area contributed by atoms with Gasteiger partial charge in [0.15, 0.2) is 0 Å². The van der Waals surface area contributed by atoms with Gasteiger partial charge in [0.2, 0.25) is 5.95 Å². The lowest BCUT2D eigenvalue weighted by Gasteiger charge is -2.09. The van der Waals surface area contributed by atoms with Crippen LogP contribution in [0.1, 0.15) is 13.3 Å². The molecule has 17 heavy (non-hydrogen) atoms. The lowest BCUT2D eigenvalue weighted by atomic mass is 10.3. The highest BCUT2D eigenvalue weighted by Crippen LogP contribution is 2.21. The predicted molar refractivity (Wildman–Crippen MR) is 74.0 cm³/mol. The number of nitrogens with one attached hydrogen (secondary N) is 1. The van der Waals surface area contributed by atoms with Crippen LogP contribution in [0.15, 0.2) is 41.6 Å². The molecular weight excluding hydrogens is 230 g/mol. The molecule has 2 rings (SSSR count). The fraction of sp³-hybridized carbons (Fsp3) is 0.308. The molecule has 3 nitrogen and oxygen atoms in total. The van der Waals surface area contributed by atoms with Crippen molar-refractivity contribution < 1.29 is 0 Å². The largest absolute Gasteiger partial charge is 0.326 e. The second-order valence-electron chi connectivity index (χ2n) is 3.80. The number of nitrogens with zero attached hydrogens (tertiary/aromatic N) is 2. The van der Waals surface area contributed by atoms with E-state index in [1.807, 2.05) is 12.4 Å². The van der Waals surface area contributed by atoms with Gasteiger partial charge in [0.1, 0.15) is 0 Å². The van der Waals surface area contributed by atoms with E-state index in [4.69, 9.17) is 0 Å². The maximum Gasteiger partial charge on any atom is 0.207 e. The lowest BCUT2D eigenvalue weighted by molar-refractivity contribution is 0.686. The van der Waals surface area contributed by atoms with Gasteiger partial charge in [-0.05, 0) is 30.9 Å². The van der Waals surface area contributed by atoms with Gasteiger partial charge < -0.3 is 9.88 Å². The van der Waals surface area contributed by atoms with Crippen molar-refractivity contribution in [3.8, 4) is 0 Å². The number of aromatic nitrogens is 2. The van der Waals surface area contributed by atoms with E-state index in [0.29, 0.717) is 0 Å². The Bertz CT molecular complexity index is 479. The summed E-state index contributed by atoms with van der Waals surface area (Å²) < 4.78 is 2.13. The van der Waals surface area contributed by atoms with Crippen molar-refractivity contribution in [2.24, 2.45) is 0 Å². The number of aryl methyl sites for hydroxylation is 1. The summed E-state index contributed by atoms with van der Waals surface area (Å²) in [4.78, 5) is 5.58. The van der Waals surface area contributed by atoms with Gasteiger partial charge in [-0.25, -0.2) is 4.98 Å². The number of thioether (sulfide) groups is 1. The van der Waals surface area contributed by atoms with Crippen molar-refractivity contribution in [1.29, 1.82) is 0 Å². The fourth-order valence-corrected chi connectivity index (χ4v) is 2.14. The molecule has 0 saturated carbocycles. The lowest BCUT2D eigenvalue weighted by Crippen LogP contribution is -2.02. The Morgan fingerprint density at radius 3 is 3.06 bits per heavy atom. The molecule has 0 atom stereocenters. The molecule has 0 amide bonds. The molecule has 1 heterocycles. The molecule has 90 valence electrons. The van der Waals surface area contributed by atoms with E-state index in [-0.39, 0.29) is 0 Å². The minimum Gasteiger partial charge on any atom is -0.326 e. The zero-order valence-electron chi connectivity index (χ0n) is 10.2. The molecule has 0 unspecified atom stereocenters. The summed E-state index contributed by atoms with van der Waals surface area (Å²) in [5, 5.41) is 3.35. The summed E-state index contributed by atoms with van der Waals surface area (Å²) in [5.74, 6) is 0.908. The summed E-state index contributed by atoms with van der Waals surface area (Å²) in [6.45, 7) is 3.16. The Hall–Kier alpha value is -1.42. The predicted octanol–water partition coefficient (Wildman–Crippen LogP) is 3.76. The zero-order valence-corrected chi connectivity index (χ0v) is 11.0. The van der Waals surface area contributed by atoms with Crippen molar-refractivity contribution in [3.63, 3.8) is 0 Å². The topological polar surface area (TPSA) is 29.9 Å². The van der Waals surface area contributed by atoms with E-state index in [1.54, 1.807) is 11.8 Å². The van der Waals surface area contributed by atoms with Crippen LogP contribution < -0.4 is 5.32 Å². The molecule has 0 aliphatic rings. The third kappa shape index (κ3) is 3.03. The van der Waals surface area contributed by atoms with Gasteiger partial charge in [-0.2, -0.15) is 0 Å². The normalized spacial score (nSPS) is 10.5. The summed E-state index contributed by atoms with van der Waals surface area (Å²) in [6, 6.07) is 8.36. The van der Waals surface area contributed by atoms with Crippen molar-refractivity contribution in [1.82, 2.24) is 9.55 Å². The van der Waals surface area contributed by atoms with Crippen LogP contribution in [-0.2, 0) is 6.54 Å². The zero-order chi connectivity index (χ0) is 12.1. The van der Waals surface area contributed by atoms with E-state index >= 15 is 0 Å². The van der Waals surface area contributed by atoms with Gasteiger partial charge >= 0.3 is 0 Å². The molecule has 1 aromatic carbocycles. The van der Waals surface area contributed by atoms with Crippen LogP contribution >= 0.6 is 11.8 Å². The van der Waals surface area contributed by atoms with E-state index < -0.39 is 0 Å². The quantitative estimate of drug-likeness (QED) is 0.816. The van der Waals surface area contributed by atoms with Crippen LogP contribution in [0.2, 0.25) is 0 Å². The van der Waals surface area contributed by atoms with Gasteiger partial charge in [-0.15, -0.1) is 11.8 Å². The number of hydrogen-bond acceptors (Lipinski definition) is 3. The van der Waals surface area contributed by atoms with Crippen LogP contribution in [-0.4, -0.2) is 15.8 Å². The fourth-order valence-electron chi connectivity index (χ4n) is 1.68. The van der Waals surface area contributed by atoms with Gasteiger partial charge in [0.05, 0.1) is 0 Å². The monoisotopic (exact) mass is 247 g/mol. The van der Waals surface area contributed by atoms with Gasteiger partial charge in [-0.3, -0.25) is 0 Å². The number of imidazole rings is 1. The first-order valence-corrected chi connectivity index (χ1v) is 6.98. The van der Waals surface area contributed by atoms with Gasteiger partial charge in [0, 0.05) is 29.5 Å². The second-order valence-corrected chi connectivity index (χ2v) is 4.68. The minimum absolute atomic E-state index is 0.908. The van der Waals surface area contributed by atoms with Crippen LogP contribution in [0.5, 0.6) is 0 Å². The standard InChI is InChI=1S/C13H17N3S/c1-3-8-16-9-7-14-13(16)15-11-5-4-6-12(10-11)17-2/h4-7,9-10H,3,8H2,1-2H3,(H,14,15). The Morgan fingerprint density at radius 1 is 1.41 bits per heavy atom. The molecular formula is C13H17N3S. The van der Waals surface area contributed by atoms with E-state index in [0.717, 1.165) is 24.6 Å². The highest BCUT2D eigenvalue weighted by atomic mass is 32.2. The van der Waals surface area contributed by atoms with Crippen LogP contribution in [0.4, 0.5) is 11.6 Å². The number of anilines is 2. The first-order chi connectivity index (χ1) is 8.33. The molecule has 1 N–H and O–H groups in total. The Labute approximate surface area is 106 Å². The smallest absolute Gasteiger partial charge is 0.207 e. The number of rotatable bonds is 5. The van der Waals surface area contributed by atoms with E-state index in [2.05, 4.69) is 52.3 Å². The van der Waals surface area contributed by atoms with Crippen molar-refractivity contribution >= 4 is 23.4 Å². The molecule has 0 aliphatic heterocycles. The number of hydrogen-bond donors (Lipinski definition) is 1. The first kappa shape index (κ1) is 12.0. The van der Waals surface area contributed by atoms with Crippen LogP contribution in [0.3, 0.4) is 0 Å². The van der Waals surface area contributed by atoms with Crippen LogP contribution in [0.25, 0.3) is 0 Å². The van der Waals surface area contributed by atoms with Crippen molar-refractivity contribution in [2.45, 2.75) is 24.8 Å². The van der Waals surface area contributed by atoms with Gasteiger partial charge in [-0.1, -0.05) is 13.0 Å². The molecule has 4 heteroatoms. The van der Waals surface area contributed by atoms with Crippen LogP contribution in [0, 0.1) is 0 Å². The highest BCUT2D eigenvalue weighted by molar-refractivity contribution is 7.98. The van der Waals surface area contributed by atoms with Crippen molar-refractivity contribution in [3.05, 3.63) is 36.7 Å². The summed E-state index contributed by atoms with van der Waals surface area (Å²) in [7, 11) is 0. The molecule has 0 radical (unpaired) electrons. The van der Waals surface area contributed by atoms with Gasteiger partial charge in [0.25, 0.3) is 0 Å². The Balaban J connectivity index is 2.16. The highest BCUT2D eigenvalue weighted by Gasteiger charge is 2.02. The average molecular weight is 247 g/mol.